The Balaban J connectivity index is 1.88. The van der Waals surface area contributed by atoms with Gasteiger partial charge in [-0.15, -0.1) is 0 Å². The standard InChI is InChI=1S/C25H37NO6/c1-4-5-7-16-25(2,30)22(27)23(28)26-17-8-6-11-21(26)24(29)32-18-9-10-19-12-14-20(31-3)15-13-19/h12-15,21,30H,4-11,16-18H2,1-3H3. The van der Waals surface area contributed by atoms with E-state index in [1.807, 2.05) is 31.2 Å². The van der Waals surface area contributed by atoms with Gasteiger partial charge in [0.2, 0.25) is 0 Å². The highest BCUT2D eigenvalue weighted by molar-refractivity contribution is 6.39. The first-order chi connectivity index (χ1) is 15.3. The number of Topliss-reactive ketones (excluding diaryl/α,β-unsaturated/α-hetero) is 1. The lowest BCUT2D eigenvalue weighted by atomic mass is 9.91. The Bertz CT molecular complexity index is 758. The SMILES string of the molecule is CCCCCC(C)(O)C(=O)C(=O)N1CCCCC1C(=O)OCCCc1ccc(OC)cc1. The Morgan fingerprint density at radius 3 is 2.50 bits per heavy atom. The van der Waals surface area contributed by atoms with Crippen LogP contribution in [0.5, 0.6) is 5.75 Å². The van der Waals surface area contributed by atoms with Crippen LogP contribution < -0.4 is 4.74 Å². The fourth-order valence-corrected chi connectivity index (χ4v) is 3.95. The molecule has 0 spiro atoms. The summed E-state index contributed by atoms with van der Waals surface area (Å²) in [6, 6.07) is 6.95. The number of ketones is 1. The number of carbonyl (C=O) groups is 3. The molecule has 1 aliphatic heterocycles. The Morgan fingerprint density at radius 1 is 1.12 bits per heavy atom. The van der Waals surface area contributed by atoms with E-state index in [0.29, 0.717) is 25.8 Å². The summed E-state index contributed by atoms with van der Waals surface area (Å²) in [7, 11) is 1.62. The highest BCUT2D eigenvalue weighted by atomic mass is 16.5. The number of benzene rings is 1. The van der Waals surface area contributed by atoms with E-state index in [0.717, 1.165) is 43.4 Å². The molecule has 1 N–H and O–H groups in total. The maximum absolute atomic E-state index is 12.9. The molecule has 2 atom stereocenters. The minimum Gasteiger partial charge on any atom is -0.497 e. The maximum Gasteiger partial charge on any atom is 0.328 e. The first-order valence-electron chi connectivity index (χ1n) is 11.7. The third kappa shape index (κ3) is 7.33. The second-order valence-corrected chi connectivity index (χ2v) is 8.69. The van der Waals surface area contributed by atoms with Crippen molar-refractivity contribution in [1.29, 1.82) is 0 Å². The monoisotopic (exact) mass is 447 g/mol. The van der Waals surface area contributed by atoms with Crippen LogP contribution in [0.1, 0.15) is 70.8 Å². The van der Waals surface area contributed by atoms with Gasteiger partial charge in [-0.2, -0.15) is 0 Å². The van der Waals surface area contributed by atoms with Crippen molar-refractivity contribution >= 4 is 17.7 Å². The van der Waals surface area contributed by atoms with Crippen molar-refractivity contribution in [3.63, 3.8) is 0 Å². The number of unbranched alkanes of at least 4 members (excludes halogenated alkanes) is 2. The number of hydrogen-bond donors (Lipinski definition) is 1. The predicted molar refractivity (Wildman–Crippen MR) is 121 cm³/mol. The van der Waals surface area contributed by atoms with Crippen molar-refractivity contribution < 1.29 is 29.0 Å². The average Bonchev–Trinajstić information content (AvgIpc) is 2.81. The lowest BCUT2D eigenvalue weighted by Gasteiger charge is -2.35. The number of ether oxygens (including phenoxy) is 2. The van der Waals surface area contributed by atoms with Gasteiger partial charge >= 0.3 is 5.97 Å². The molecule has 0 aliphatic carbocycles. The second kappa shape index (κ2) is 12.6. The van der Waals surface area contributed by atoms with Crippen LogP contribution in [0.2, 0.25) is 0 Å². The average molecular weight is 448 g/mol. The summed E-state index contributed by atoms with van der Waals surface area (Å²) < 4.78 is 10.6. The molecule has 178 valence electrons. The highest BCUT2D eigenvalue weighted by Gasteiger charge is 2.42. The van der Waals surface area contributed by atoms with Gasteiger partial charge in [-0.05, 0) is 63.1 Å². The molecular formula is C25H37NO6. The van der Waals surface area contributed by atoms with Gasteiger partial charge < -0.3 is 19.5 Å². The third-order valence-corrected chi connectivity index (χ3v) is 6.00. The van der Waals surface area contributed by atoms with Crippen molar-refractivity contribution in [1.82, 2.24) is 4.90 Å². The summed E-state index contributed by atoms with van der Waals surface area (Å²) in [4.78, 5) is 39.5. The lowest BCUT2D eigenvalue weighted by Crippen LogP contribution is -2.55. The first-order valence-corrected chi connectivity index (χ1v) is 11.7. The number of aliphatic hydroxyl groups is 1. The molecule has 0 aromatic heterocycles. The van der Waals surface area contributed by atoms with Gasteiger partial charge in [0.05, 0.1) is 13.7 Å². The van der Waals surface area contributed by atoms with E-state index < -0.39 is 29.3 Å². The first kappa shape index (κ1) is 25.8. The topological polar surface area (TPSA) is 93.1 Å². The van der Waals surface area contributed by atoms with Gasteiger partial charge in [0, 0.05) is 6.54 Å². The third-order valence-electron chi connectivity index (χ3n) is 6.00. The van der Waals surface area contributed by atoms with Gasteiger partial charge in [-0.3, -0.25) is 9.59 Å². The van der Waals surface area contributed by atoms with Crippen molar-refractivity contribution in [2.75, 3.05) is 20.3 Å². The minimum atomic E-state index is -1.71. The molecule has 1 fully saturated rings. The fourth-order valence-electron chi connectivity index (χ4n) is 3.95. The summed E-state index contributed by atoms with van der Waals surface area (Å²) in [5.41, 5.74) is -0.594. The molecule has 7 heteroatoms. The summed E-state index contributed by atoms with van der Waals surface area (Å²) in [6.45, 7) is 3.98. The molecule has 7 nitrogen and oxygen atoms in total. The normalized spacial score (nSPS) is 18.0. The molecule has 2 unspecified atom stereocenters. The second-order valence-electron chi connectivity index (χ2n) is 8.69. The van der Waals surface area contributed by atoms with Crippen molar-refractivity contribution in [2.45, 2.75) is 83.3 Å². The molecule has 32 heavy (non-hydrogen) atoms. The van der Waals surface area contributed by atoms with Gasteiger partial charge in [0.25, 0.3) is 11.7 Å². The Kier molecular flexibility index (Phi) is 10.2. The number of piperidine rings is 1. The number of hydrogen-bond acceptors (Lipinski definition) is 6. The molecular weight excluding hydrogens is 410 g/mol. The fraction of sp³-hybridized carbons (Fsp3) is 0.640. The van der Waals surface area contributed by atoms with E-state index in [4.69, 9.17) is 9.47 Å². The van der Waals surface area contributed by atoms with Gasteiger partial charge in [-0.1, -0.05) is 38.3 Å². The quantitative estimate of drug-likeness (QED) is 0.300. The number of rotatable bonds is 12. The van der Waals surface area contributed by atoms with Gasteiger partial charge in [0.1, 0.15) is 17.4 Å². The number of amides is 1. The smallest absolute Gasteiger partial charge is 0.328 e. The van der Waals surface area contributed by atoms with E-state index in [-0.39, 0.29) is 13.0 Å². The molecule has 0 bridgehead atoms. The molecule has 1 aliphatic rings. The van der Waals surface area contributed by atoms with Gasteiger partial charge in [-0.25, -0.2) is 4.79 Å². The van der Waals surface area contributed by atoms with Crippen LogP contribution in [-0.2, 0) is 25.5 Å². The molecule has 0 saturated carbocycles. The van der Waals surface area contributed by atoms with Crippen molar-refractivity contribution in [3.05, 3.63) is 29.8 Å². The largest absolute Gasteiger partial charge is 0.497 e. The van der Waals surface area contributed by atoms with Crippen LogP contribution in [0.4, 0.5) is 0 Å². The van der Waals surface area contributed by atoms with E-state index in [1.54, 1.807) is 7.11 Å². The van der Waals surface area contributed by atoms with Crippen LogP contribution in [0.15, 0.2) is 24.3 Å². The molecule has 1 saturated heterocycles. The number of likely N-dealkylation sites (tertiary alicyclic amines) is 1. The number of aryl methyl sites for hydroxylation is 1. The summed E-state index contributed by atoms with van der Waals surface area (Å²) in [5, 5.41) is 10.5. The van der Waals surface area contributed by atoms with E-state index in [2.05, 4.69) is 0 Å². The van der Waals surface area contributed by atoms with Crippen molar-refractivity contribution in [2.24, 2.45) is 0 Å². The van der Waals surface area contributed by atoms with Crippen LogP contribution in [-0.4, -0.2) is 59.6 Å². The number of nitrogens with zero attached hydrogens (tertiary/aromatic N) is 1. The van der Waals surface area contributed by atoms with Crippen LogP contribution in [0, 0.1) is 0 Å². The molecule has 0 radical (unpaired) electrons. The van der Waals surface area contributed by atoms with Gasteiger partial charge in [0.15, 0.2) is 0 Å². The summed E-state index contributed by atoms with van der Waals surface area (Å²) in [5.74, 6) is -1.31. The zero-order valence-electron chi connectivity index (χ0n) is 19.6. The van der Waals surface area contributed by atoms with E-state index >= 15 is 0 Å². The molecule has 1 amide bonds. The van der Waals surface area contributed by atoms with E-state index in [1.165, 1.54) is 11.8 Å². The zero-order valence-corrected chi connectivity index (χ0v) is 19.6. The highest BCUT2D eigenvalue weighted by Crippen LogP contribution is 2.23. The van der Waals surface area contributed by atoms with E-state index in [9.17, 15) is 19.5 Å². The number of esters is 1. The Morgan fingerprint density at radius 2 is 1.84 bits per heavy atom. The number of methoxy groups -OCH3 is 1. The minimum absolute atomic E-state index is 0.236. The Labute approximate surface area is 191 Å². The van der Waals surface area contributed by atoms with Crippen LogP contribution in [0.3, 0.4) is 0 Å². The Hall–Kier alpha value is -2.41. The molecule has 1 aromatic rings. The van der Waals surface area contributed by atoms with Crippen LogP contribution in [0.25, 0.3) is 0 Å². The van der Waals surface area contributed by atoms with Crippen molar-refractivity contribution in [3.8, 4) is 5.75 Å². The predicted octanol–water partition coefficient (Wildman–Crippen LogP) is 3.45. The summed E-state index contributed by atoms with van der Waals surface area (Å²) >= 11 is 0. The molecule has 2 rings (SSSR count). The zero-order chi connectivity index (χ0) is 23.6. The number of carbonyl (C=O) groups excluding carboxylic acids is 3. The lowest BCUT2D eigenvalue weighted by molar-refractivity contribution is -0.163. The van der Waals surface area contributed by atoms with Crippen LogP contribution >= 0.6 is 0 Å². The molecule has 1 heterocycles. The molecule has 1 aromatic carbocycles. The summed E-state index contributed by atoms with van der Waals surface area (Å²) in [6.07, 6.45) is 6.13. The maximum atomic E-state index is 12.9.